The molecule has 0 spiro atoms. The molecule has 2 fully saturated rings. The number of carbonyl (C=O) groups is 2. The number of amides is 2. The summed E-state index contributed by atoms with van der Waals surface area (Å²) in [4.78, 5) is 24.5. The first kappa shape index (κ1) is 23.2. The molecule has 2 aliphatic carbocycles. The van der Waals surface area contributed by atoms with Crippen LogP contribution in [-0.2, 0) is 16.0 Å². The molecule has 4 N–H and O–H groups in total. The first-order valence-corrected chi connectivity index (χ1v) is 11.5. The van der Waals surface area contributed by atoms with Crippen molar-refractivity contribution < 1.29 is 23.8 Å². The molecule has 0 bridgehead atoms. The van der Waals surface area contributed by atoms with Gasteiger partial charge in [0.15, 0.2) is 5.82 Å². The van der Waals surface area contributed by atoms with Gasteiger partial charge in [0.05, 0.1) is 12.0 Å². The van der Waals surface area contributed by atoms with Crippen LogP contribution in [0.25, 0.3) is 0 Å². The molecule has 9 heteroatoms. The molecule has 1 aromatic heterocycles. The lowest BCUT2D eigenvalue weighted by Crippen LogP contribution is -2.43. The smallest absolute Gasteiger partial charge is 0.407 e. The van der Waals surface area contributed by atoms with Crippen molar-refractivity contribution in [2.24, 2.45) is 0 Å². The number of aliphatic hydroxyl groups is 1. The van der Waals surface area contributed by atoms with Crippen LogP contribution in [0.3, 0.4) is 0 Å². The summed E-state index contributed by atoms with van der Waals surface area (Å²) in [5, 5.41) is 22.9. The molecule has 2 saturated carbocycles. The van der Waals surface area contributed by atoms with Crippen molar-refractivity contribution in [3.05, 3.63) is 47.4 Å². The van der Waals surface area contributed by atoms with Crippen LogP contribution in [0, 0.1) is 5.82 Å². The lowest BCUT2D eigenvalue weighted by Gasteiger charge is -2.33. The quantitative estimate of drug-likeness (QED) is 0.526. The van der Waals surface area contributed by atoms with Gasteiger partial charge in [0.1, 0.15) is 11.9 Å². The number of hydrogen-bond donors (Lipinski definition) is 4. The van der Waals surface area contributed by atoms with Gasteiger partial charge in [0.25, 0.3) is 0 Å². The Kier molecular flexibility index (Phi) is 6.97. The number of hydrogen-bond acceptors (Lipinski definition) is 5. The number of benzene rings is 1. The number of ether oxygens (including phenoxy) is 1. The van der Waals surface area contributed by atoms with E-state index in [1.54, 1.807) is 12.1 Å². The Morgan fingerprint density at radius 1 is 1.21 bits per heavy atom. The second kappa shape index (κ2) is 9.91. The summed E-state index contributed by atoms with van der Waals surface area (Å²) in [5.41, 5.74) is 0.981. The third-order valence-electron chi connectivity index (χ3n) is 6.63. The van der Waals surface area contributed by atoms with Gasteiger partial charge in [-0.15, -0.1) is 0 Å². The molecule has 0 radical (unpaired) electrons. The Hall–Kier alpha value is -2.94. The topological polar surface area (TPSA) is 116 Å². The molecular weight excluding hydrogens is 427 g/mol. The maximum absolute atomic E-state index is 13.0. The van der Waals surface area contributed by atoms with E-state index in [2.05, 4.69) is 20.8 Å². The molecule has 1 aromatic carbocycles. The van der Waals surface area contributed by atoms with Crippen molar-refractivity contribution in [2.75, 3.05) is 5.32 Å². The van der Waals surface area contributed by atoms with Crippen LogP contribution in [0.1, 0.15) is 69.0 Å². The lowest BCUT2D eigenvalue weighted by molar-refractivity contribution is -0.115. The summed E-state index contributed by atoms with van der Waals surface area (Å²) in [7, 11) is 0. The monoisotopic (exact) mass is 458 g/mol. The first-order valence-electron chi connectivity index (χ1n) is 11.5. The molecule has 1 heterocycles. The Morgan fingerprint density at radius 3 is 2.67 bits per heavy atom. The van der Waals surface area contributed by atoms with E-state index in [1.807, 2.05) is 13.0 Å². The third-order valence-corrected chi connectivity index (χ3v) is 6.63. The highest BCUT2D eigenvalue weighted by molar-refractivity contribution is 5.91. The molecule has 2 atom stereocenters. The van der Waals surface area contributed by atoms with E-state index < -0.39 is 11.7 Å². The van der Waals surface area contributed by atoms with Gasteiger partial charge in [0, 0.05) is 23.7 Å². The van der Waals surface area contributed by atoms with Crippen LogP contribution in [-0.4, -0.2) is 45.1 Å². The molecule has 0 aliphatic heterocycles. The van der Waals surface area contributed by atoms with E-state index in [1.165, 1.54) is 12.1 Å². The zero-order chi connectivity index (χ0) is 23.4. The van der Waals surface area contributed by atoms with Crippen LogP contribution in [0.15, 0.2) is 30.3 Å². The Bertz CT molecular complexity index is 965. The fourth-order valence-electron chi connectivity index (χ4n) is 4.65. The van der Waals surface area contributed by atoms with Crippen molar-refractivity contribution in [1.29, 1.82) is 0 Å². The summed E-state index contributed by atoms with van der Waals surface area (Å²) >= 11 is 0. The number of rotatable bonds is 6. The second-order valence-corrected chi connectivity index (χ2v) is 9.51. The van der Waals surface area contributed by atoms with Crippen molar-refractivity contribution in [2.45, 2.75) is 82.0 Å². The zero-order valence-electron chi connectivity index (χ0n) is 18.8. The fourth-order valence-corrected chi connectivity index (χ4v) is 4.65. The normalized spacial score (nSPS) is 27.2. The Balaban J connectivity index is 1.21. The van der Waals surface area contributed by atoms with Gasteiger partial charge >= 0.3 is 6.09 Å². The number of H-pyrrole nitrogens is 1. The number of anilines is 1. The third kappa shape index (κ3) is 6.54. The highest BCUT2D eigenvalue weighted by Crippen LogP contribution is 2.36. The summed E-state index contributed by atoms with van der Waals surface area (Å²) < 4.78 is 18.6. The molecular formula is C24H31FN4O4. The molecule has 33 heavy (non-hydrogen) atoms. The van der Waals surface area contributed by atoms with Crippen LogP contribution in [0.2, 0.25) is 0 Å². The first-order chi connectivity index (χ1) is 15.8. The number of carbonyl (C=O) groups excluding carboxylic acids is 2. The van der Waals surface area contributed by atoms with E-state index in [4.69, 9.17) is 4.74 Å². The van der Waals surface area contributed by atoms with Gasteiger partial charge in [-0.2, -0.15) is 5.10 Å². The summed E-state index contributed by atoms with van der Waals surface area (Å²) in [5.74, 6) is 0.0408. The van der Waals surface area contributed by atoms with Crippen LogP contribution < -0.4 is 10.6 Å². The highest BCUT2D eigenvalue weighted by atomic mass is 19.1. The average Bonchev–Trinajstić information content (AvgIpc) is 3.41. The number of aromatic amines is 1. The maximum atomic E-state index is 13.0. The van der Waals surface area contributed by atoms with Gasteiger partial charge in [-0.05, 0) is 69.6 Å². The lowest BCUT2D eigenvalue weighted by atomic mass is 9.84. The van der Waals surface area contributed by atoms with E-state index >= 15 is 0 Å². The molecule has 2 aromatic rings. The SMILES string of the molecule is C[C@]1(O)CC[C@@H](NC(=O)O[C@H]2CC[C@@H](c3cc(NC(=O)Cc4ccc(F)cc4)n[nH]3)C2)CC1. The summed E-state index contributed by atoms with van der Waals surface area (Å²) in [6, 6.07) is 7.67. The largest absolute Gasteiger partial charge is 0.446 e. The molecule has 8 nitrogen and oxygen atoms in total. The Morgan fingerprint density at radius 2 is 1.94 bits per heavy atom. The summed E-state index contributed by atoms with van der Waals surface area (Å²) in [6.45, 7) is 1.83. The van der Waals surface area contributed by atoms with Crippen molar-refractivity contribution in [3.63, 3.8) is 0 Å². The second-order valence-electron chi connectivity index (χ2n) is 9.51. The number of halogens is 1. The van der Waals surface area contributed by atoms with Gasteiger partial charge in [-0.1, -0.05) is 12.1 Å². The minimum atomic E-state index is -0.635. The van der Waals surface area contributed by atoms with E-state index in [0.717, 1.165) is 36.9 Å². The van der Waals surface area contributed by atoms with Gasteiger partial charge in [0.2, 0.25) is 5.91 Å². The van der Waals surface area contributed by atoms with E-state index in [9.17, 15) is 19.1 Å². The van der Waals surface area contributed by atoms with Gasteiger partial charge in [-0.25, -0.2) is 9.18 Å². The average molecular weight is 459 g/mol. The van der Waals surface area contributed by atoms with Crippen LogP contribution >= 0.6 is 0 Å². The zero-order valence-corrected chi connectivity index (χ0v) is 18.8. The van der Waals surface area contributed by atoms with E-state index in [-0.39, 0.29) is 36.2 Å². The number of nitrogens with one attached hydrogen (secondary N) is 3. The molecule has 178 valence electrons. The maximum Gasteiger partial charge on any atom is 0.407 e. The minimum Gasteiger partial charge on any atom is -0.446 e. The number of alkyl carbamates (subject to hydrolysis) is 1. The van der Waals surface area contributed by atoms with Crippen molar-refractivity contribution in [1.82, 2.24) is 15.5 Å². The highest BCUT2D eigenvalue weighted by Gasteiger charge is 2.32. The molecule has 2 aliphatic rings. The Labute approximate surface area is 192 Å². The number of nitrogens with zero attached hydrogens (tertiary/aromatic N) is 1. The predicted molar refractivity (Wildman–Crippen MR) is 120 cm³/mol. The van der Waals surface area contributed by atoms with Crippen LogP contribution in [0.5, 0.6) is 0 Å². The molecule has 0 saturated heterocycles. The fraction of sp³-hybridized carbons (Fsp3) is 0.542. The molecule has 4 rings (SSSR count). The number of aromatic nitrogens is 2. The van der Waals surface area contributed by atoms with Crippen LogP contribution in [0.4, 0.5) is 15.0 Å². The molecule has 0 unspecified atom stereocenters. The van der Waals surface area contributed by atoms with Gasteiger partial charge in [-0.3, -0.25) is 9.89 Å². The van der Waals surface area contributed by atoms with E-state index in [0.29, 0.717) is 25.1 Å². The van der Waals surface area contributed by atoms with Crippen molar-refractivity contribution in [3.8, 4) is 0 Å². The minimum absolute atomic E-state index is 0.0450. The van der Waals surface area contributed by atoms with Gasteiger partial charge < -0.3 is 20.5 Å². The molecule has 2 amide bonds. The summed E-state index contributed by atoms with van der Waals surface area (Å²) in [6.07, 6.45) is 4.73. The predicted octanol–water partition coefficient (Wildman–Crippen LogP) is 3.79. The standard InChI is InChI=1S/C24H31FN4O4/c1-24(32)10-8-18(9-11-24)26-23(31)33-19-7-4-16(13-19)20-14-21(29-28-20)27-22(30)12-15-2-5-17(25)6-3-15/h2-3,5-6,14,16,18-19,32H,4,7-13H2,1H3,(H,26,31)(H2,27,28,29,30)/t16-,18-,19+,24+/m1/s1. The van der Waals surface area contributed by atoms with Crippen molar-refractivity contribution >= 4 is 17.8 Å².